The first-order valence-electron chi connectivity index (χ1n) is 12.6. The fraction of sp³-hybridized carbons (Fsp3) is 0.233. The number of hydrogen-bond donors (Lipinski definition) is 0. The number of pyridine rings is 1. The van der Waals surface area contributed by atoms with Crippen molar-refractivity contribution in [2.24, 2.45) is 0 Å². The fourth-order valence-corrected chi connectivity index (χ4v) is 6.99. The van der Waals surface area contributed by atoms with Gasteiger partial charge in [-0.15, -0.1) is 0 Å². The van der Waals surface area contributed by atoms with Crippen LogP contribution in [0.15, 0.2) is 78.0 Å². The third-order valence-corrected chi connectivity index (χ3v) is 9.09. The van der Waals surface area contributed by atoms with Gasteiger partial charge in [0.25, 0.3) is 10.0 Å². The van der Waals surface area contributed by atoms with Gasteiger partial charge < -0.3 is 9.47 Å². The van der Waals surface area contributed by atoms with Crippen molar-refractivity contribution in [3.05, 3.63) is 83.6 Å². The van der Waals surface area contributed by atoms with Crippen molar-refractivity contribution in [3.63, 3.8) is 0 Å². The van der Waals surface area contributed by atoms with Gasteiger partial charge in [0.05, 0.1) is 24.2 Å². The molecule has 1 fully saturated rings. The van der Waals surface area contributed by atoms with Crippen molar-refractivity contribution in [2.45, 2.75) is 43.6 Å². The molecule has 0 spiro atoms. The maximum Gasteiger partial charge on any atom is 0.270 e. The van der Waals surface area contributed by atoms with Crippen LogP contribution in [0.2, 0.25) is 5.02 Å². The van der Waals surface area contributed by atoms with E-state index in [2.05, 4.69) is 4.98 Å². The van der Waals surface area contributed by atoms with Crippen LogP contribution in [0.1, 0.15) is 31.2 Å². The number of methoxy groups -OCH3 is 1. The molecule has 2 heterocycles. The number of fused-ring (bicyclic) bond motifs is 2. The molecule has 0 unspecified atom stereocenters. The van der Waals surface area contributed by atoms with E-state index >= 15 is 0 Å². The number of hydrogen-bond acceptors (Lipinski definition) is 5. The Hall–Kier alpha value is -3.55. The molecule has 0 aliphatic heterocycles. The lowest BCUT2D eigenvalue weighted by Crippen LogP contribution is -2.12. The number of rotatable bonds is 6. The summed E-state index contributed by atoms with van der Waals surface area (Å²) in [6.07, 6.45) is 7.82. The minimum Gasteiger partial charge on any atom is -0.493 e. The predicted octanol–water partition coefficient (Wildman–Crippen LogP) is 7.39. The second-order valence-corrected chi connectivity index (χ2v) is 12.0. The molecule has 1 aliphatic rings. The highest BCUT2D eigenvalue weighted by Gasteiger charge is 2.25. The van der Waals surface area contributed by atoms with E-state index in [0.717, 1.165) is 53.1 Å². The zero-order valence-electron chi connectivity index (χ0n) is 21.1. The molecule has 1 saturated carbocycles. The summed E-state index contributed by atoms with van der Waals surface area (Å²) in [5.74, 6) is 1.29. The molecular weight excluding hydrogens is 520 g/mol. The van der Waals surface area contributed by atoms with E-state index in [4.69, 9.17) is 21.1 Å². The van der Waals surface area contributed by atoms with Gasteiger partial charge in [-0.25, -0.2) is 12.4 Å². The lowest BCUT2D eigenvalue weighted by Gasteiger charge is -2.17. The van der Waals surface area contributed by atoms with E-state index in [9.17, 15) is 8.42 Å². The van der Waals surface area contributed by atoms with Gasteiger partial charge >= 0.3 is 0 Å². The number of para-hydroxylation sites is 1. The first kappa shape index (κ1) is 24.8. The Kier molecular flexibility index (Phi) is 6.28. The Balaban J connectivity index is 1.53. The van der Waals surface area contributed by atoms with Gasteiger partial charge in [0, 0.05) is 33.8 Å². The molecule has 5 aromatic rings. The predicted molar refractivity (Wildman–Crippen MR) is 151 cm³/mol. The maximum absolute atomic E-state index is 14.1. The minimum absolute atomic E-state index is 0.147. The van der Waals surface area contributed by atoms with Crippen molar-refractivity contribution >= 4 is 43.4 Å². The molecule has 2 aromatic heterocycles. The van der Waals surface area contributed by atoms with E-state index in [1.807, 2.05) is 37.3 Å². The number of benzene rings is 3. The smallest absolute Gasteiger partial charge is 0.270 e. The van der Waals surface area contributed by atoms with E-state index in [1.54, 1.807) is 49.8 Å². The number of aryl methyl sites for hydroxylation is 1. The minimum atomic E-state index is -3.99. The van der Waals surface area contributed by atoms with Crippen LogP contribution in [0.5, 0.6) is 11.5 Å². The molecule has 0 atom stereocenters. The summed E-state index contributed by atoms with van der Waals surface area (Å²) >= 11 is 6.39. The second-order valence-electron chi connectivity index (χ2n) is 9.74. The molecule has 3 aromatic carbocycles. The Morgan fingerprint density at radius 1 is 1.00 bits per heavy atom. The van der Waals surface area contributed by atoms with E-state index in [1.165, 1.54) is 3.97 Å². The molecule has 8 heteroatoms. The Morgan fingerprint density at radius 3 is 2.61 bits per heavy atom. The Bertz CT molecular complexity index is 1790. The van der Waals surface area contributed by atoms with E-state index < -0.39 is 10.0 Å². The van der Waals surface area contributed by atoms with Crippen LogP contribution in [-0.2, 0) is 10.0 Å². The zero-order valence-corrected chi connectivity index (χ0v) is 22.7. The van der Waals surface area contributed by atoms with Gasteiger partial charge in [-0.05, 0) is 86.2 Å². The average Bonchev–Trinajstić information content (AvgIpc) is 3.56. The number of aromatic nitrogens is 2. The van der Waals surface area contributed by atoms with Gasteiger partial charge in [0.15, 0.2) is 11.5 Å². The lowest BCUT2D eigenvalue weighted by atomic mass is 10.0. The van der Waals surface area contributed by atoms with Crippen LogP contribution in [0, 0.1) is 6.92 Å². The molecule has 1 aliphatic carbocycles. The van der Waals surface area contributed by atoms with Gasteiger partial charge in [-0.3, -0.25) is 4.98 Å². The molecule has 6 nitrogen and oxygen atoms in total. The van der Waals surface area contributed by atoms with Crippen molar-refractivity contribution in [3.8, 4) is 22.6 Å². The molecule has 0 amide bonds. The van der Waals surface area contributed by atoms with Gasteiger partial charge in [0.2, 0.25) is 0 Å². The molecule has 6 rings (SSSR count). The lowest BCUT2D eigenvalue weighted by molar-refractivity contribution is 0.201. The Labute approximate surface area is 226 Å². The first-order valence-corrected chi connectivity index (χ1v) is 14.4. The quantitative estimate of drug-likeness (QED) is 0.222. The highest BCUT2D eigenvalue weighted by atomic mass is 35.5. The van der Waals surface area contributed by atoms with Crippen LogP contribution in [-0.4, -0.2) is 30.6 Å². The molecule has 0 saturated heterocycles. The molecule has 38 heavy (non-hydrogen) atoms. The fourth-order valence-electron chi connectivity index (χ4n) is 5.28. The van der Waals surface area contributed by atoms with Crippen molar-refractivity contribution in [1.29, 1.82) is 0 Å². The van der Waals surface area contributed by atoms with Crippen LogP contribution >= 0.6 is 11.6 Å². The summed E-state index contributed by atoms with van der Waals surface area (Å²) in [7, 11) is -2.37. The summed E-state index contributed by atoms with van der Waals surface area (Å²) in [5, 5.41) is 2.02. The molecule has 0 bridgehead atoms. The number of ether oxygens (including phenoxy) is 2. The van der Waals surface area contributed by atoms with Crippen LogP contribution < -0.4 is 9.47 Å². The molecule has 0 radical (unpaired) electrons. The topological polar surface area (TPSA) is 70.4 Å². The van der Waals surface area contributed by atoms with E-state index in [-0.39, 0.29) is 11.0 Å². The summed E-state index contributed by atoms with van der Waals surface area (Å²) < 4.78 is 41.4. The summed E-state index contributed by atoms with van der Waals surface area (Å²) in [6, 6.07) is 18.1. The van der Waals surface area contributed by atoms with Crippen molar-refractivity contribution in [2.75, 3.05) is 7.11 Å². The molecule has 0 N–H and O–H groups in total. The normalized spacial score (nSPS) is 14.4. The van der Waals surface area contributed by atoms with Gasteiger partial charge in [0.1, 0.15) is 4.90 Å². The summed E-state index contributed by atoms with van der Waals surface area (Å²) in [5.41, 5.74) is 3.47. The third kappa shape index (κ3) is 4.29. The molecular formula is C30H27ClN2O4S. The van der Waals surface area contributed by atoms with Crippen LogP contribution in [0.4, 0.5) is 0 Å². The summed E-state index contributed by atoms with van der Waals surface area (Å²) in [6.45, 7) is 1.93. The highest BCUT2D eigenvalue weighted by molar-refractivity contribution is 7.90. The third-order valence-electron chi connectivity index (χ3n) is 7.15. The van der Waals surface area contributed by atoms with Crippen LogP contribution in [0.25, 0.3) is 32.9 Å². The van der Waals surface area contributed by atoms with Gasteiger partial charge in [-0.2, -0.15) is 0 Å². The Morgan fingerprint density at radius 2 is 1.82 bits per heavy atom. The number of nitrogens with zero attached hydrogens (tertiary/aromatic N) is 2. The largest absolute Gasteiger partial charge is 0.493 e. The summed E-state index contributed by atoms with van der Waals surface area (Å²) in [4.78, 5) is 4.61. The SMILES string of the molecule is COc1ccc(-c2cn(S(=O)(=O)c3cccc4cc(C)cnc34)c3ccc(Cl)cc23)cc1OC1CCCC1. The average molecular weight is 547 g/mol. The maximum atomic E-state index is 14.1. The van der Waals surface area contributed by atoms with Gasteiger partial charge in [-0.1, -0.05) is 29.8 Å². The second kappa shape index (κ2) is 9.64. The van der Waals surface area contributed by atoms with Crippen LogP contribution in [0.3, 0.4) is 0 Å². The zero-order chi connectivity index (χ0) is 26.4. The first-order chi connectivity index (χ1) is 18.3. The highest BCUT2D eigenvalue weighted by Crippen LogP contribution is 2.40. The van der Waals surface area contributed by atoms with Crippen molar-refractivity contribution in [1.82, 2.24) is 8.96 Å². The number of halogens is 1. The van der Waals surface area contributed by atoms with Crippen molar-refractivity contribution < 1.29 is 17.9 Å². The standard InChI is InChI=1S/C30H27ClN2O4S/c1-19-14-21-6-5-9-29(30(21)32-17-19)38(34,35)33-18-25(24-16-22(31)11-12-26(24)33)20-10-13-27(36-2)28(15-20)37-23-7-3-4-8-23/h5-6,9-18,23H,3-4,7-8H2,1-2H3. The van der Waals surface area contributed by atoms with E-state index in [0.29, 0.717) is 27.6 Å². The molecule has 194 valence electrons. The monoisotopic (exact) mass is 546 g/mol.